The molecule has 0 saturated heterocycles. The van der Waals surface area contributed by atoms with Crippen molar-refractivity contribution in [2.75, 3.05) is 13.7 Å². The van der Waals surface area contributed by atoms with Gasteiger partial charge in [0, 0.05) is 11.1 Å². The van der Waals surface area contributed by atoms with Crippen LogP contribution in [-0.4, -0.2) is 18.7 Å². The van der Waals surface area contributed by atoms with Crippen LogP contribution in [0.15, 0.2) is 40.8 Å². The summed E-state index contributed by atoms with van der Waals surface area (Å²) in [6, 6.07) is 11.1. The van der Waals surface area contributed by atoms with Gasteiger partial charge in [-0.25, -0.2) is 4.98 Å². The highest BCUT2D eigenvalue weighted by atomic mass is 35.5. The lowest BCUT2D eigenvalue weighted by Gasteiger charge is -2.09. The molecule has 118 valence electrons. The number of nitrogens with zero attached hydrogens (tertiary/aromatic N) is 1. The van der Waals surface area contributed by atoms with Gasteiger partial charge in [-0.1, -0.05) is 17.7 Å². The van der Waals surface area contributed by atoms with Crippen LogP contribution in [0.5, 0.6) is 11.5 Å². The highest BCUT2D eigenvalue weighted by molar-refractivity contribution is 6.31. The summed E-state index contributed by atoms with van der Waals surface area (Å²) in [5.41, 5.74) is 2.41. The van der Waals surface area contributed by atoms with Gasteiger partial charge in [0.15, 0.2) is 17.1 Å². The molecule has 1 heterocycles. The van der Waals surface area contributed by atoms with Crippen molar-refractivity contribution in [2.24, 2.45) is 0 Å². The quantitative estimate of drug-likeness (QED) is 0.656. The van der Waals surface area contributed by atoms with E-state index in [2.05, 4.69) is 4.98 Å². The van der Waals surface area contributed by atoms with Crippen LogP contribution in [0, 0.1) is 0 Å². The van der Waals surface area contributed by atoms with E-state index in [1.54, 1.807) is 19.2 Å². The molecule has 0 N–H and O–H groups in total. The Bertz CT molecular complexity index is 855. The summed E-state index contributed by atoms with van der Waals surface area (Å²) in [7, 11) is 1.62. The highest BCUT2D eigenvalue weighted by Crippen LogP contribution is 2.29. The molecule has 0 atom stereocenters. The van der Waals surface area contributed by atoms with Gasteiger partial charge in [-0.05, 0) is 48.9 Å². The Labute approximate surface area is 139 Å². The number of oxazole rings is 1. The van der Waals surface area contributed by atoms with Crippen LogP contribution in [0.1, 0.15) is 18.4 Å². The van der Waals surface area contributed by atoms with Gasteiger partial charge in [-0.2, -0.15) is 0 Å². The predicted molar refractivity (Wildman–Crippen MR) is 92.1 cm³/mol. The van der Waals surface area contributed by atoms with Gasteiger partial charge in [-0.15, -0.1) is 0 Å². The summed E-state index contributed by atoms with van der Waals surface area (Å²) in [5.74, 6) is 1.94. The van der Waals surface area contributed by atoms with E-state index in [1.165, 1.54) is 0 Å². The lowest BCUT2D eigenvalue weighted by Crippen LogP contribution is -1.95. The number of fused-ring (bicyclic) bond motifs is 1. The Morgan fingerprint density at radius 1 is 1.13 bits per heavy atom. The van der Waals surface area contributed by atoms with Crippen LogP contribution >= 0.6 is 11.6 Å². The van der Waals surface area contributed by atoms with Crippen molar-refractivity contribution in [1.29, 1.82) is 0 Å². The number of benzene rings is 2. The normalized spacial score (nSPS) is 11.3. The number of methoxy groups -OCH3 is 1. The number of rotatable bonds is 5. The van der Waals surface area contributed by atoms with Crippen molar-refractivity contribution in [2.45, 2.75) is 6.92 Å². The van der Waals surface area contributed by atoms with Gasteiger partial charge in [0.1, 0.15) is 5.52 Å². The second-order valence-corrected chi connectivity index (χ2v) is 5.28. The van der Waals surface area contributed by atoms with E-state index < -0.39 is 0 Å². The van der Waals surface area contributed by atoms with E-state index in [9.17, 15) is 0 Å². The Hall–Kier alpha value is -2.46. The summed E-state index contributed by atoms with van der Waals surface area (Å²) < 4.78 is 16.5. The van der Waals surface area contributed by atoms with Crippen LogP contribution < -0.4 is 9.47 Å². The minimum Gasteiger partial charge on any atom is -0.493 e. The molecule has 2 aromatic carbocycles. The average Bonchev–Trinajstić information content (AvgIpc) is 2.96. The molecule has 0 unspecified atom stereocenters. The highest BCUT2D eigenvalue weighted by Gasteiger charge is 2.05. The third-order valence-corrected chi connectivity index (χ3v) is 3.51. The molecular weight excluding hydrogens is 314 g/mol. The average molecular weight is 330 g/mol. The van der Waals surface area contributed by atoms with Gasteiger partial charge >= 0.3 is 0 Å². The zero-order valence-electron chi connectivity index (χ0n) is 12.9. The summed E-state index contributed by atoms with van der Waals surface area (Å²) in [5, 5.41) is 0.637. The Kier molecular flexibility index (Phi) is 4.53. The summed E-state index contributed by atoms with van der Waals surface area (Å²) in [6.45, 7) is 2.53. The molecular formula is C18H16ClNO3. The van der Waals surface area contributed by atoms with Crippen molar-refractivity contribution in [3.63, 3.8) is 0 Å². The van der Waals surface area contributed by atoms with Crippen LogP contribution in [0.25, 0.3) is 23.3 Å². The van der Waals surface area contributed by atoms with E-state index in [-0.39, 0.29) is 0 Å². The smallest absolute Gasteiger partial charge is 0.220 e. The van der Waals surface area contributed by atoms with Crippen LogP contribution in [-0.2, 0) is 0 Å². The second kappa shape index (κ2) is 6.75. The third-order valence-electron chi connectivity index (χ3n) is 3.27. The van der Waals surface area contributed by atoms with Gasteiger partial charge < -0.3 is 13.9 Å². The first-order chi connectivity index (χ1) is 11.2. The molecule has 3 rings (SSSR count). The van der Waals surface area contributed by atoms with E-state index in [1.807, 2.05) is 43.3 Å². The molecule has 0 bridgehead atoms. The molecule has 0 aliphatic heterocycles. The summed E-state index contributed by atoms with van der Waals surface area (Å²) >= 11 is 5.95. The van der Waals surface area contributed by atoms with Crippen molar-refractivity contribution in [1.82, 2.24) is 4.98 Å². The van der Waals surface area contributed by atoms with E-state index in [4.69, 9.17) is 25.5 Å². The monoisotopic (exact) mass is 329 g/mol. The fourth-order valence-corrected chi connectivity index (χ4v) is 2.39. The van der Waals surface area contributed by atoms with Crippen molar-refractivity contribution in [3.05, 3.63) is 52.9 Å². The molecule has 0 aliphatic rings. The predicted octanol–water partition coefficient (Wildman–Crippen LogP) is 5.06. The second-order valence-electron chi connectivity index (χ2n) is 4.84. The first-order valence-electron chi connectivity index (χ1n) is 7.24. The fourth-order valence-electron chi connectivity index (χ4n) is 2.22. The summed E-state index contributed by atoms with van der Waals surface area (Å²) in [6.07, 6.45) is 3.72. The standard InChI is InChI=1S/C18H16ClNO3/c1-3-22-16-7-4-12(10-17(16)21-2)5-9-18-20-14-11-13(19)6-8-15(14)23-18/h4-11H,3H2,1-2H3. The maximum Gasteiger partial charge on any atom is 0.220 e. The minimum atomic E-state index is 0.523. The molecule has 0 saturated carbocycles. The number of aromatic nitrogens is 1. The summed E-state index contributed by atoms with van der Waals surface area (Å²) in [4.78, 5) is 4.38. The topological polar surface area (TPSA) is 44.5 Å². The molecule has 0 amide bonds. The fraction of sp³-hybridized carbons (Fsp3) is 0.167. The largest absolute Gasteiger partial charge is 0.493 e. The molecule has 1 aromatic heterocycles. The molecule has 0 aliphatic carbocycles. The minimum absolute atomic E-state index is 0.523. The van der Waals surface area contributed by atoms with Gasteiger partial charge in [-0.3, -0.25) is 0 Å². The number of ether oxygens (including phenoxy) is 2. The van der Waals surface area contributed by atoms with Gasteiger partial charge in [0.25, 0.3) is 0 Å². The Morgan fingerprint density at radius 2 is 2.00 bits per heavy atom. The zero-order valence-corrected chi connectivity index (χ0v) is 13.6. The van der Waals surface area contributed by atoms with Crippen molar-refractivity contribution >= 4 is 34.9 Å². The van der Waals surface area contributed by atoms with Crippen LogP contribution in [0.3, 0.4) is 0 Å². The zero-order chi connectivity index (χ0) is 16.2. The molecule has 0 spiro atoms. The number of hydrogen-bond donors (Lipinski definition) is 0. The third kappa shape index (κ3) is 3.48. The maximum atomic E-state index is 5.95. The van der Waals surface area contributed by atoms with E-state index >= 15 is 0 Å². The molecule has 4 nitrogen and oxygen atoms in total. The number of halogens is 1. The van der Waals surface area contributed by atoms with Crippen LogP contribution in [0.2, 0.25) is 5.02 Å². The Balaban J connectivity index is 1.86. The maximum absolute atomic E-state index is 5.95. The SMILES string of the molecule is CCOc1ccc(C=Cc2nc3cc(Cl)ccc3o2)cc1OC. The first-order valence-corrected chi connectivity index (χ1v) is 7.62. The molecule has 0 radical (unpaired) electrons. The van der Waals surface area contributed by atoms with Gasteiger partial charge in [0.05, 0.1) is 13.7 Å². The molecule has 5 heteroatoms. The van der Waals surface area contributed by atoms with E-state index in [0.717, 1.165) is 16.8 Å². The number of hydrogen-bond acceptors (Lipinski definition) is 4. The van der Waals surface area contributed by atoms with Gasteiger partial charge in [0.2, 0.25) is 5.89 Å². The lowest BCUT2D eigenvalue weighted by atomic mass is 10.2. The van der Waals surface area contributed by atoms with Crippen molar-refractivity contribution in [3.8, 4) is 11.5 Å². The first kappa shape index (κ1) is 15.4. The van der Waals surface area contributed by atoms with E-state index in [0.29, 0.717) is 28.9 Å². The lowest BCUT2D eigenvalue weighted by molar-refractivity contribution is 0.311. The molecule has 23 heavy (non-hydrogen) atoms. The van der Waals surface area contributed by atoms with Crippen LogP contribution in [0.4, 0.5) is 0 Å². The molecule has 0 fully saturated rings. The molecule has 3 aromatic rings. The van der Waals surface area contributed by atoms with Crippen molar-refractivity contribution < 1.29 is 13.9 Å². The Morgan fingerprint density at radius 3 is 2.78 bits per heavy atom.